The third-order valence-corrected chi connectivity index (χ3v) is 12.7. The maximum Gasteiger partial charge on any atom is 0.128 e. The number of benzene rings is 5. The number of aliphatic imine (C=N–C) groups is 1. The molecule has 0 spiro atoms. The Labute approximate surface area is 348 Å². The van der Waals surface area contributed by atoms with E-state index in [1.807, 2.05) is 36.4 Å². The normalized spacial score (nSPS) is 18.9. The molecule has 0 fully saturated rings. The zero-order valence-corrected chi connectivity index (χ0v) is 34.0. The van der Waals surface area contributed by atoms with Crippen molar-refractivity contribution in [3.05, 3.63) is 214 Å². The highest BCUT2D eigenvalue weighted by atomic mass is 15.2. The predicted octanol–water partition coefficient (Wildman–Crippen LogP) is 12.6. The first-order valence-corrected chi connectivity index (χ1v) is 21.4. The third-order valence-electron chi connectivity index (χ3n) is 12.7. The first kappa shape index (κ1) is 36.9. The van der Waals surface area contributed by atoms with Crippen LogP contribution in [0.3, 0.4) is 0 Å². The molecule has 4 aliphatic rings. The summed E-state index contributed by atoms with van der Waals surface area (Å²) < 4.78 is 2.40. The molecule has 0 saturated carbocycles. The first-order valence-electron chi connectivity index (χ1n) is 21.4. The van der Waals surface area contributed by atoms with Crippen molar-refractivity contribution in [2.75, 3.05) is 0 Å². The van der Waals surface area contributed by atoms with E-state index in [1.165, 1.54) is 55.5 Å². The van der Waals surface area contributed by atoms with Crippen LogP contribution in [0, 0.1) is 0 Å². The monoisotopic (exact) mass is 769 g/mol. The van der Waals surface area contributed by atoms with Crippen molar-refractivity contribution in [1.29, 1.82) is 0 Å². The second kappa shape index (κ2) is 15.7. The molecule has 3 aliphatic carbocycles. The van der Waals surface area contributed by atoms with Gasteiger partial charge in [-0.1, -0.05) is 134 Å². The molecule has 5 heteroatoms. The topological polar surface area (TPSA) is 58.6 Å². The van der Waals surface area contributed by atoms with Gasteiger partial charge in [0.1, 0.15) is 12.0 Å². The maximum absolute atomic E-state index is 6.63. The van der Waals surface area contributed by atoms with Crippen LogP contribution < -0.4 is 11.1 Å². The van der Waals surface area contributed by atoms with Gasteiger partial charge in [0.25, 0.3) is 0 Å². The number of para-hydroxylation sites is 1. The Morgan fingerprint density at radius 2 is 1.56 bits per heavy atom. The van der Waals surface area contributed by atoms with Crippen LogP contribution in [-0.2, 0) is 0 Å². The minimum absolute atomic E-state index is 0.0617. The molecule has 0 saturated heterocycles. The zero-order chi connectivity index (χ0) is 39.9. The van der Waals surface area contributed by atoms with Crippen LogP contribution in [-0.4, -0.2) is 21.3 Å². The molecule has 2 heterocycles. The van der Waals surface area contributed by atoms with Crippen LogP contribution in [0.5, 0.6) is 0 Å². The second-order valence-electron chi connectivity index (χ2n) is 16.3. The molecule has 3 N–H and O–H groups in total. The smallest absolute Gasteiger partial charge is 0.128 e. The number of hydrogen-bond donors (Lipinski definition) is 2. The van der Waals surface area contributed by atoms with Gasteiger partial charge in [-0.2, -0.15) is 0 Å². The van der Waals surface area contributed by atoms with Gasteiger partial charge in [-0.25, -0.2) is 4.99 Å². The fraction of sp³-hybridized carbons (Fsp3) is 0.204. The van der Waals surface area contributed by atoms with Gasteiger partial charge in [-0.3, -0.25) is 5.32 Å². The van der Waals surface area contributed by atoms with Gasteiger partial charge in [-0.05, 0) is 115 Å². The maximum atomic E-state index is 6.63. The summed E-state index contributed by atoms with van der Waals surface area (Å²) in [5.41, 5.74) is 23.4. The minimum Gasteiger partial charge on any atom is -0.383 e. The van der Waals surface area contributed by atoms with Gasteiger partial charge >= 0.3 is 0 Å². The van der Waals surface area contributed by atoms with Crippen LogP contribution in [0.1, 0.15) is 86.8 Å². The van der Waals surface area contributed by atoms with Crippen molar-refractivity contribution in [3.63, 3.8) is 0 Å². The molecule has 3 atom stereocenters. The second-order valence-corrected chi connectivity index (χ2v) is 16.3. The summed E-state index contributed by atoms with van der Waals surface area (Å²) in [6.45, 7) is 4.48. The fourth-order valence-corrected chi connectivity index (χ4v) is 9.61. The Hall–Kier alpha value is -6.43. The van der Waals surface area contributed by atoms with Crippen molar-refractivity contribution in [2.45, 2.75) is 70.6 Å². The molecule has 0 amide bonds. The highest BCUT2D eigenvalue weighted by Crippen LogP contribution is 2.49. The summed E-state index contributed by atoms with van der Waals surface area (Å²) in [6.07, 6.45) is 20.8. The summed E-state index contributed by atoms with van der Waals surface area (Å²) >= 11 is 0. The molecule has 3 unspecified atom stereocenters. The highest BCUT2D eigenvalue weighted by molar-refractivity contribution is 6.10. The number of fused-ring (bicyclic) bond motifs is 5. The predicted molar refractivity (Wildman–Crippen MR) is 246 cm³/mol. The third kappa shape index (κ3) is 6.89. The average molecular weight is 770 g/mol. The first-order chi connectivity index (χ1) is 29.0. The lowest BCUT2D eigenvalue weighted by Crippen LogP contribution is -2.31. The quantitative estimate of drug-likeness (QED) is 0.0829. The molecule has 1 aliphatic heterocycles. The van der Waals surface area contributed by atoms with E-state index in [0.717, 1.165) is 55.3 Å². The van der Waals surface area contributed by atoms with E-state index in [2.05, 4.69) is 156 Å². The minimum atomic E-state index is -0.342. The van der Waals surface area contributed by atoms with Gasteiger partial charge in [-0.15, -0.1) is 0 Å². The number of rotatable bonds is 10. The van der Waals surface area contributed by atoms with E-state index in [4.69, 9.17) is 10.7 Å². The zero-order valence-electron chi connectivity index (χ0n) is 34.0. The van der Waals surface area contributed by atoms with Crippen LogP contribution in [0.25, 0.3) is 33.1 Å². The fourth-order valence-electron chi connectivity index (χ4n) is 9.61. The van der Waals surface area contributed by atoms with E-state index in [9.17, 15) is 0 Å². The molecule has 59 heavy (non-hydrogen) atoms. The molecule has 0 radical (unpaired) electrons. The van der Waals surface area contributed by atoms with Crippen molar-refractivity contribution in [3.8, 4) is 5.69 Å². The molecular weight excluding hydrogens is 719 g/mol. The largest absolute Gasteiger partial charge is 0.383 e. The van der Waals surface area contributed by atoms with Crippen LogP contribution in [0.4, 0.5) is 0 Å². The van der Waals surface area contributed by atoms with Gasteiger partial charge in [0.2, 0.25) is 0 Å². The lowest BCUT2D eigenvalue weighted by molar-refractivity contribution is 0.376. The standard InChI is InChI=1S/C54H51N5/c1-3-37-23-30-50-46(33-37)48-35-42(27-32-52(48)58(50)43-19-11-6-12-20-43)41-26-31-51-47(34-41)45-21-13-14-22-49(45)59(51)44-28-24-40(25-29-44)54(56-36(2)38-15-7-4-8-16-38)57-53(55)39-17-9-5-10-18-39/h4-5,7-11,13-29,31,34-36,52,54,56H,3,6,12,30,32-33H2,1-2H3,(H2,55,57). The number of hydrogen-bond acceptors (Lipinski definition) is 3. The van der Waals surface area contributed by atoms with Crippen molar-refractivity contribution in [2.24, 2.45) is 10.7 Å². The van der Waals surface area contributed by atoms with Crippen molar-refractivity contribution in [1.82, 2.24) is 14.8 Å². The average Bonchev–Trinajstić information content (AvgIpc) is 3.81. The molecule has 1 aromatic heterocycles. The lowest BCUT2D eigenvalue weighted by Gasteiger charge is -2.33. The molecule has 10 rings (SSSR count). The van der Waals surface area contributed by atoms with E-state index in [-0.39, 0.29) is 12.2 Å². The Morgan fingerprint density at radius 1 is 0.797 bits per heavy atom. The van der Waals surface area contributed by atoms with Gasteiger partial charge in [0.05, 0.1) is 17.1 Å². The summed E-state index contributed by atoms with van der Waals surface area (Å²) in [5.74, 6) is 0.507. The van der Waals surface area contributed by atoms with Gasteiger partial charge in [0.15, 0.2) is 0 Å². The summed E-state index contributed by atoms with van der Waals surface area (Å²) in [7, 11) is 0. The Morgan fingerprint density at radius 3 is 2.34 bits per heavy atom. The van der Waals surface area contributed by atoms with E-state index in [0.29, 0.717) is 11.9 Å². The summed E-state index contributed by atoms with van der Waals surface area (Å²) in [6, 6.07) is 45.6. The Bertz CT molecular complexity index is 2770. The molecule has 5 nitrogen and oxygen atoms in total. The summed E-state index contributed by atoms with van der Waals surface area (Å²) in [4.78, 5) is 7.73. The molecular formula is C54H51N5. The Kier molecular flexibility index (Phi) is 9.83. The van der Waals surface area contributed by atoms with Crippen molar-refractivity contribution >= 4 is 33.2 Å². The number of nitrogens with two attached hydrogens (primary N) is 1. The van der Waals surface area contributed by atoms with E-state index in [1.54, 1.807) is 11.1 Å². The van der Waals surface area contributed by atoms with Crippen LogP contribution in [0.15, 0.2) is 197 Å². The number of allylic oxidation sites excluding steroid dienone is 7. The van der Waals surface area contributed by atoms with Crippen LogP contribution in [0.2, 0.25) is 0 Å². The lowest BCUT2D eigenvalue weighted by atomic mass is 9.84. The van der Waals surface area contributed by atoms with Crippen LogP contribution >= 0.6 is 0 Å². The van der Waals surface area contributed by atoms with Gasteiger partial charge < -0.3 is 15.2 Å². The number of nitrogens with zero attached hydrogens (tertiary/aromatic N) is 3. The molecule has 0 bridgehead atoms. The molecule has 292 valence electrons. The number of nitrogens with one attached hydrogen (secondary N) is 1. The molecule has 6 aromatic rings. The Balaban J connectivity index is 0.994. The SMILES string of the molecule is CCC1=CCC2=C(C1)C1=CC(c3ccc4c(c3)c3ccccc3n4-c3ccc(C(/N=C(\N)c4ccccc4)NC(C)c4ccccc4)cc3)=CCC1N2C1=CCCC=C1. The van der Waals surface area contributed by atoms with E-state index < -0.39 is 0 Å². The molecule has 5 aromatic carbocycles. The van der Waals surface area contributed by atoms with Gasteiger partial charge in [0, 0.05) is 45.9 Å². The summed E-state index contributed by atoms with van der Waals surface area (Å²) in [5, 5.41) is 6.27. The number of aromatic nitrogens is 1. The van der Waals surface area contributed by atoms with Crippen molar-refractivity contribution < 1.29 is 0 Å². The van der Waals surface area contributed by atoms with E-state index >= 15 is 0 Å². The number of amidine groups is 1. The highest BCUT2D eigenvalue weighted by Gasteiger charge is 2.39.